The van der Waals surface area contributed by atoms with Crippen LogP contribution in [0.4, 0.5) is 0 Å². The Morgan fingerprint density at radius 2 is 2.13 bits per heavy atom. The number of rotatable bonds is 4. The van der Waals surface area contributed by atoms with Gasteiger partial charge in [-0.25, -0.2) is 0 Å². The van der Waals surface area contributed by atoms with E-state index < -0.39 is 0 Å². The molecule has 2 N–H and O–H groups in total. The fraction of sp³-hybridized carbons (Fsp3) is 1.00. The average Bonchev–Trinajstić information content (AvgIpc) is 3.02. The maximum absolute atomic E-state index is 9.64. The molecule has 3 heteroatoms. The van der Waals surface area contributed by atoms with Crippen molar-refractivity contribution in [3.8, 4) is 0 Å². The predicted octanol–water partition coefficient (Wildman–Crippen LogP) is 0.833. The monoisotopic (exact) mass is 212 g/mol. The van der Waals surface area contributed by atoms with Crippen LogP contribution in [-0.4, -0.2) is 48.3 Å². The summed E-state index contributed by atoms with van der Waals surface area (Å²) >= 11 is 0. The Hall–Kier alpha value is -0.120. The fourth-order valence-corrected chi connectivity index (χ4v) is 2.62. The van der Waals surface area contributed by atoms with Crippen molar-refractivity contribution in [1.29, 1.82) is 0 Å². The van der Waals surface area contributed by atoms with Gasteiger partial charge in [-0.2, -0.15) is 0 Å². The van der Waals surface area contributed by atoms with E-state index in [1.807, 2.05) is 0 Å². The third kappa shape index (κ3) is 2.92. The molecule has 0 amide bonds. The highest BCUT2D eigenvalue weighted by atomic mass is 16.3. The van der Waals surface area contributed by atoms with Gasteiger partial charge in [0.25, 0.3) is 0 Å². The second kappa shape index (κ2) is 4.81. The first-order chi connectivity index (χ1) is 7.24. The molecule has 0 bridgehead atoms. The van der Waals surface area contributed by atoms with E-state index in [1.54, 1.807) is 0 Å². The molecule has 88 valence electrons. The first-order valence-electron chi connectivity index (χ1n) is 6.31. The molecule has 0 aromatic heterocycles. The van der Waals surface area contributed by atoms with Crippen molar-refractivity contribution in [2.45, 2.75) is 38.1 Å². The van der Waals surface area contributed by atoms with E-state index in [9.17, 15) is 5.11 Å². The van der Waals surface area contributed by atoms with E-state index in [0.29, 0.717) is 6.61 Å². The number of aliphatic hydroxyl groups excluding tert-OH is 1. The second-order valence-corrected chi connectivity index (χ2v) is 5.39. The molecule has 2 rings (SSSR count). The largest absolute Gasteiger partial charge is 0.394 e. The summed E-state index contributed by atoms with van der Waals surface area (Å²) < 4.78 is 0. The Bertz CT molecular complexity index is 198. The van der Waals surface area contributed by atoms with Gasteiger partial charge in [0.2, 0.25) is 0 Å². The highest BCUT2D eigenvalue weighted by molar-refractivity contribution is 4.92. The quantitative estimate of drug-likeness (QED) is 0.724. The third-order valence-corrected chi connectivity index (χ3v) is 3.87. The van der Waals surface area contributed by atoms with Crippen LogP contribution in [0.1, 0.15) is 32.6 Å². The Labute approximate surface area is 92.8 Å². The summed E-state index contributed by atoms with van der Waals surface area (Å²) in [6.45, 7) is 6.96. The molecule has 2 fully saturated rings. The Morgan fingerprint density at radius 1 is 1.33 bits per heavy atom. The van der Waals surface area contributed by atoms with E-state index >= 15 is 0 Å². The molecule has 1 saturated heterocycles. The van der Waals surface area contributed by atoms with E-state index in [0.717, 1.165) is 32.1 Å². The number of nitrogens with one attached hydrogen (secondary N) is 1. The Morgan fingerprint density at radius 3 is 2.80 bits per heavy atom. The standard InChI is InChI=1S/C12H24N2O/c1-12(10-15,9-11-3-4-11)14-7-2-5-13-6-8-14/h11,13,15H,2-10H2,1H3. The molecule has 0 aromatic carbocycles. The molecule has 1 aliphatic heterocycles. The van der Waals surface area contributed by atoms with Gasteiger partial charge in [0.15, 0.2) is 0 Å². The Kier molecular flexibility index (Phi) is 3.65. The molecule has 1 unspecified atom stereocenters. The van der Waals surface area contributed by atoms with Crippen LogP contribution in [0, 0.1) is 5.92 Å². The molecule has 0 radical (unpaired) electrons. The average molecular weight is 212 g/mol. The third-order valence-electron chi connectivity index (χ3n) is 3.87. The summed E-state index contributed by atoms with van der Waals surface area (Å²) in [5.41, 5.74) is 0.0349. The lowest BCUT2D eigenvalue weighted by molar-refractivity contribution is 0.0366. The van der Waals surface area contributed by atoms with Gasteiger partial charge >= 0.3 is 0 Å². The van der Waals surface area contributed by atoms with Crippen molar-refractivity contribution >= 4 is 0 Å². The lowest BCUT2D eigenvalue weighted by Crippen LogP contribution is -2.51. The zero-order chi connectivity index (χ0) is 10.7. The molecule has 1 saturated carbocycles. The topological polar surface area (TPSA) is 35.5 Å². The summed E-state index contributed by atoms with van der Waals surface area (Å²) in [4.78, 5) is 2.49. The fourth-order valence-electron chi connectivity index (χ4n) is 2.62. The summed E-state index contributed by atoms with van der Waals surface area (Å²) in [6, 6.07) is 0. The van der Waals surface area contributed by atoms with Gasteiger partial charge in [0, 0.05) is 25.2 Å². The molecule has 1 atom stereocenters. The van der Waals surface area contributed by atoms with Gasteiger partial charge in [-0.15, -0.1) is 0 Å². The van der Waals surface area contributed by atoms with Crippen LogP contribution in [0.3, 0.4) is 0 Å². The van der Waals surface area contributed by atoms with Gasteiger partial charge in [0.05, 0.1) is 6.61 Å². The zero-order valence-corrected chi connectivity index (χ0v) is 9.84. The van der Waals surface area contributed by atoms with Crippen molar-refractivity contribution in [3.63, 3.8) is 0 Å². The van der Waals surface area contributed by atoms with Crippen LogP contribution in [0.2, 0.25) is 0 Å². The van der Waals surface area contributed by atoms with Gasteiger partial charge in [-0.1, -0.05) is 12.8 Å². The van der Waals surface area contributed by atoms with E-state index in [2.05, 4.69) is 17.1 Å². The van der Waals surface area contributed by atoms with E-state index in [4.69, 9.17) is 0 Å². The molecule has 0 aromatic rings. The van der Waals surface area contributed by atoms with Crippen LogP contribution < -0.4 is 5.32 Å². The van der Waals surface area contributed by atoms with Crippen LogP contribution in [0.25, 0.3) is 0 Å². The lowest BCUT2D eigenvalue weighted by atomic mass is 9.93. The highest BCUT2D eigenvalue weighted by Gasteiger charge is 2.37. The van der Waals surface area contributed by atoms with Crippen molar-refractivity contribution in [3.05, 3.63) is 0 Å². The molecule has 1 heterocycles. The lowest BCUT2D eigenvalue weighted by Gasteiger charge is -2.39. The summed E-state index contributed by atoms with van der Waals surface area (Å²) in [6.07, 6.45) is 5.15. The van der Waals surface area contributed by atoms with Gasteiger partial charge < -0.3 is 10.4 Å². The van der Waals surface area contributed by atoms with Gasteiger partial charge in [0.1, 0.15) is 0 Å². The number of aliphatic hydroxyl groups is 1. The van der Waals surface area contributed by atoms with Crippen molar-refractivity contribution in [2.24, 2.45) is 5.92 Å². The normalized spacial score (nSPS) is 28.4. The minimum atomic E-state index is 0.0349. The van der Waals surface area contributed by atoms with Crippen molar-refractivity contribution in [1.82, 2.24) is 10.2 Å². The van der Waals surface area contributed by atoms with Crippen LogP contribution in [0.15, 0.2) is 0 Å². The number of nitrogens with zero attached hydrogens (tertiary/aromatic N) is 1. The summed E-state index contributed by atoms with van der Waals surface area (Å²) in [7, 11) is 0. The molecular formula is C12H24N2O. The number of hydrogen-bond acceptors (Lipinski definition) is 3. The second-order valence-electron chi connectivity index (χ2n) is 5.39. The molecule has 3 nitrogen and oxygen atoms in total. The molecule has 2 aliphatic rings. The van der Waals surface area contributed by atoms with Crippen LogP contribution in [-0.2, 0) is 0 Å². The van der Waals surface area contributed by atoms with Gasteiger partial charge in [-0.3, -0.25) is 4.90 Å². The van der Waals surface area contributed by atoms with Gasteiger partial charge in [-0.05, 0) is 32.2 Å². The first kappa shape index (κ1) is 11.4. The highest BCUT2D eigenvalue weighted by Crippen LogP contribution is 2.38. The summed E-state index contributed by atoms with van der Waals surface area (Å²) in [5, 5.41) is 13.1. The SMILES string of the molecule is CC(CO)(CC1CC1)N1CCCNCC1. The molecule has 0 spiro atoms. The maximum atomic E-state index is 9.64. The summed E-state index contributed by atoms with van der Waals surface area (Å²) in [5.74, 6) is 0.887. The van der Waals surface area contributed by atoms with Crippen LogP contribution in [0.5, 0.6) is 0 Å². The van der Waals surface area contributed by atoms with E-state index in [1.165, 1.54) is 25.7 Å². The molecule has 15 heavy (non-hydrogen) atoms. The zero-order valence-electron chi connectivity index (χ0n) is 9.84. The first-order valence-corrected chi connectivity index (χ1v) is 6.31. The van der Waals surface area contributed by atoms with E-state index in [-0.39, 0.29) is 5.54 Å². The molecular weight excluding hydrogens is 188 g/mol. The van der Waals surface area contributed by atoms with Crippen LogP contribution >= 0.6 is 0 Å². The maximum Gasteiger partial charge on any atom is 0.0612 e. The molecule has 1 aliphatic carbocycles. The number of hydrogen-bond donors (Lipinski definition) is 2. The smallest absolute Gasteiger partial charge is 0.0612 e. The van der Waals surface area contributed by atoms with Crippen molar-refractivity contribution in [2.75, 3.05) is 32.8 Å². The minimum absolute atomic E-state index is 0.0349. The van der Waals surface area contributed by atoms with Crippen molar-refractivity contribution < 1.29 is 5.11 Å². The predicted molar refractivity (Wildman–Crippen MR) is 61.9 cm³/mol. The Balaban J connectivity index is 1.94. The minimum Gasteiger partial charge on any atom is -0.394 e.